The standard InChI is InChI=1S/C14H20N2OS/c1-10(2)13-9-16-14(18-13)15-8-11-4-6-12(17-3)7-5-11/h4-7,10,13H,8-9H2,1-3H3,(H,15,16). The predicted octanol–water partition coefficient (Wildman–Crippen LogP) is 2.91. The molecule has 1 aliphatic rings. The van der Waals surface area contributed by atoms with Crippen LogP contribution in [0.2, 0.25) is 0 Å². The van der Waals surface area contributed by atoms with Gasteiger partial charge in [0.15, 0.2) is 5.17 Å². The van der Waals surface area contributed by atoms with Crippen molar-refractivity contribution in [3.8, 4) is 5.75 Å². The van der Waals surface area contributed by atoms with Crippen molar-refractivity contribution < 1.29 is 4.74 Å². The zero-order chi connectivity index (χ0) is 13.0. The SMILES string of the molecule is COc1ccc(CNC2=NCC(C(C)C)S2)cc1. The molecule has 18 heavy (non-hydrogen) atoms. The molecule has 0 saturated carbocycles. The highest BCUT2D eigenvalue weighted by Gasteiger charge is 2.21. The van der Waals surface area contributed by atoms with E-state index in [0.717, 1.165) is 24.0 Å². The van der Waals surface area contributed by atoms with Crippen LogP contribution in [0.4, 0.5) is 0 Å². The van der Waals surface area contributed by atoms with Crippen LogP contribution in [0, 0.1) is 5.92 Å². The summed E-state index contributed by atoms with van der Waals surface area (Å²) in [6, 6.07) is 8.12. The summed E-state index contributed by atoms with van der Waals surface area (Å²) in [4.78, 5) is 4.53. The fourth-order valence-electron chi connectivity index (χ4n) is 1.76. The summed E-state index contributed by atoms with van der Waals surface area (Å²) in [5, 5.41) is 5.09. The number of hydrogen-bond donors (Lipinski definition) is 1. The minimum Gasteiger partial charge on any atom is -0.497 e. The Bertz CT molecular complexity index is 414. The van der Waals surface area contributed by atoms with Gasteiger partial charge < -0.3 is 10.1 Å². The third kappa shape index (κ3) is 3.42. The molecule has 0 bridgehead atoms. The van der Waals surface area contributed by atoms with Crippen molar-refractivity contribution in [3.63, 3.8) is 0 Å². The first kappa shape index (κ1) is 13.3. The molecule has 0 saturated heterocycles. The lowest BCUT2D eigenvalue weighted by molar-refractivity contribution is 0.414. The number of nitrogens with one attached hydrogen (secondary N) is 1. The number of thioether (sulfide) groups is 1. The molecular formula is C14H20N2OS. The summed E-state index contributed by atoms with van der Waals surface area (Å²) >= 11 is 1.86. The van der Waals surface area contributed by atoms with E-state index in [1.165, 1.54) is 5.56 Å². The van der Waals surface area contributed by atoms with Crippen molar-refractivity contribution in [3.05, 3.63) is 29.8 Å². The number of nitrogens with zero attached hydrogens (tertiary/aromatic N) is 1. The highest BCUT2D eigenvalue weighted by atomic mass is 32.2. The lowest BCUT2D eigenvalue weighted by atomic mass is 10.1. The summed E-state index contributed by atoms with van der Waals surface area (Å²) in [5.74, 6) is 1.57. The molecule has 0 aliphatic carbocycles. The number of methoxy groups -OCH3 is 1. The van der Waals surface area contributed by atoms with Crippen molar-refractivity contribution in [2.45, 2.75) is 25.6 Å². The molecule has 0 spiro atoms. The molecule has 3 nitrogen and oxygen atoms in total. The van der Waals surface area contributed by atoms with E-state index < -0.39 is 0 Å². The average molecular weight is 264 g/mol. The van der Waals surface area contributed by atoms with Gasteiger partial charge in [-0.05, 0) is 23.6 Å². The van der Waals surface area contributed by atoms with E-state index in [2.05, 4.69) is 36.3 Å². The smallest absolute Gasteiger partial charge is 0.157 e. The zero-order valence-corrected chi connectivity index (χ0v) is 12.0. The molecular weight excluding hydrogens is 244 g/mol. The molecule has 2 rings (SSSR count). The first-order chi connectivity index (χ1) is 8.69. The second kappa shape index (κ2) is 6.14. The Morgan fingerprint density at radius 3 is 2.67 bits per heavy atom. The maximum atomic E-state index is 5.14. The molecule has 1 N–H and O–H groups in total. The van der Waals surface area contributed by atoms with Crippen LogP contribution in [0.5, 0.6) is 5.75 Å². The number of ether oxygens (including phenoxy) is 1. The summed E-state index contributed by atoms with van der Waals surface area (Å²) in [7, 11) is 1.68. The second-order valence-electron chi connectivity index (χ2n) is 4.75. The van der Waals surface area contributed by atoms with Crippen LogP contribution in [-0.4, -0.2) is 24.1 Å². The number of hydrogen-bond acceptors (Lipinski definition) is 4. The van der Waals surface area contributed by atoms with Crippen molar-refractivity contribution in [2.24, 2.45) is 10.9 Å². The molecule has 0 radical (unpaired) electrons. The Labute approximate surface area is 113 Å². The maximum Gasteiger partial charge on any atom is 0.157 e. The van der Waals surface area contributed by atoms with Crippen LogP contribution in [0.3, 0.4) is 0 Å². The molecule has 98 valence electrons. The molecule has 1 aromatic rings. The third-order valence-electron chi connectivity index (χ3n) is 3.02. The van der Waals surface area contributed by atoms with Gasteiger partial charge >= 0.3 is 0 Å². The molecule has 1 aliphatic heterocycles. The van der Waals surface area contributed by atoms with E-state index >= 15 is 0 Å². The minimum absolute atomic E-state index is 0.628. The molecule has 1 heterocycles. The number of aliphatic imine (C=N–C) groups is 1. The molecule has 1 unspecified atom stereocenters. The summed E-state index contributed by atoms with van der Waals surface area (Å²) < 4.78 is 5.14. The maximum absolute atomic E-state index is 5.14. The van der Waals surface area contributed by atoms with Gasteiger partial charge in [-0.3, -0.25) is 4.99 Å². The van der Waals surface area contributed by atoms with Gasteiger partial charge in [0.1, 0.15) is 5.75 Å². The van der Waals surface area contributed by atoms with Crippen LogP contribution in [0.25, 0.3) is 0 Å². The van der Waals surface area contributed by atoms with Gasteiger partial charge in [0.25, 0.3) is 0 Å². The third-order valence-corrected chi connectivity index (χ3v) is 4.52. The Balaban J connectivity index is 1.81. The summed E-state index contributed by atoms with van der Waals surface area (Å²) in [6.45, 7) is 6.26. The van der Waals surface area contributed by atoms with Gasteiger partial charge in [0.05, 0.1) is 13.7 Å². The van der Waals surface area contributed by atoms with Crippen LogP contribution in [0.15, 0.2) is 29.3 Å². The highest BCUT2D eigenvalue weighted by Crippen LogP contribution is 2.26. The number of benzene rings is 1. The molecule has 0 aromatic heterocycles. The Kier molecular flexibility index (Phi) is 4.53. The van der Waals surface area contributed by atoms with Gasteiger partial charge in [-0.25, -0.2) is 0 Å². The van der Waals surface area contributed by atoms with E-state index in [1.54, 1.807) is 7.11 Å². The first-order valence-corrected chi connectivity index (χ1v) is 7.15. The van der Waals surface area contributed by atoms with Gasteiger partial charge in [-0.15, -0.1) is 0 Å². The quantitative estimate of drug-likeness (QED) is 0.908. The lowest BCUT2D eigenvalue weighted by Gasteiger charge is -2.12. The largest absolute Gasteiger partial charge is 0.497 e. The number of amidine groups is 1. The van der Waals surface area contributed by atoms with E-state index in [0.29, 0.717) is 11.2 Å². The van der Waals surface area contributed by atoms with Gasteiger partial charge in [0, 0.05) is 11.8 Å². The van der Waals surface area contributed by atoms with Crippen LogP contribution in [-0.2, 0) is 6.54 Å². The Morgan fingerprint density at radius 2 is 2.11 bits per heavy atom. The molecule has 0 fully saturated rings. The van der Waals surface area contributed by atoms with Crippen molar-refractivity contribution in [1.82, 2.24) is 5.32 Å². The fraction of sp³-hybridized carbons (Fsp3) is 0.500. The molecule has 4 heteroatoms. The zero-order valence-electron chi connectivity index (χ0n) is 11.1. The van der Waals surface area contributed by atoms with Crippen molar-refractivity contribution >= 4 is 16.9 Å². The predicted molar refractivity (Wildman–Crippen MR) is 78.4 cm³/mol. The first-order valence-electron chi connectivity index (χ1n) is 6.27. The monoisotopic (exact) mass is 264 g/mol. The topological polar surface area (TPSA) is 33.6 Å². The normalized spacial score (nSPS) is 18.9. The fourth-order valence-corrected chi connectivity index (χ4v) is 2.77. The van der Waals surface area contributed by atoms with E-state index in [-0.39, 0.29) is 0 Å². The Hall–Kier alpha value is -1.16. The van der Waals surface area contributed by atoms with Crippen molar-refractivity contribution in [2.75, 3.05) is 13.7 Å². The lowest BCUT2D eigenvalue weighted by Crippen LogP contribution is -2.19. The van der Waals surface area contributed by atoms with Crippen LogP contribution in [0.1, 0.15) is 19.4 Å². The van der Waals surface area contributed by atoms with Gasteiger partial charge in [-0.1, -0.05) is 37.7 Å². The van der Waals surface area contributed by atoms with Gasteiger partial charge in [0.2, 0.25) is 0 Å². The highest BCUT2D eigenvalue weighted by molar-refractivity contribution is 8.14. The molecule has 1 aromatic carbocycles. The van der Waals surface area contributed by atoms with Crippen LogP contribution >= 0.6 is 11.8 Å². The van der Waals surface area contributed by atoms with E-state index in [1.807, 2.05) is 23.9 Å². The minimum atomic E-state index is 0.628. The van der Waals surface area contributed by atoms with E-state index in [4.69, 9.17) is 4.74 Å². The summed E-state index contributed by atoms with van der Waals surface area (Å²) in [6.07, 6.45) is 0. The average Bonchev–Trinajstić information content (AvgIpc) is 2.86. The number of rotatable bonds is 4. The second-order valence-corrected chi connectivity index (χ2v) is 5.98. The van der Waals surface area contributed by atoms with Gasteiger partial charge in [-0.2, -0.15) is 0 Å². The molecule has 0 amide bonds. The van der Waals surface area contributed by atoms with Crippen molar-refractivity contribution in [1.29, 1.82) is 0 Å². The van der Waals surface area contributed by atoms with Crippen LogP contribution < -0.4 is 10.1 Å². The Morgan fingerprint density at radius 1 is 1.39 bits per heavy atom. The molecule has 1 atom stereocenters. The van der Waals surface area contributed by atoms with E-state index in [9.17, 15) is 0 Å². The summed E-state index contributed by atoms with van der Waals surface area (Å²) in [5.41, 5.74) is 1.24.